The van der Waals surface area contributed by atoms with Gasteiger partial charge in [-0.2, -0.15) is 0 Å². The highest BCUT2D eigenvalue weighted by atomic mass is 35.5. The molecule has 1 aromatic carbocycles. The molecule has 1 N–H and O–H groups in total. The van der Waals surface area contributed by atoms with Crippen LogP contribution in [0.25, 0.3) is 0 Å². The van der Waals surface area contributed by atoms with Gasteiger partial charge in [0.2, 0.25) is 0 Å². The van der Waals surface area contributed by atoms with E-state index in [1.54, 1.807) is 0 Å². The molecule has 1 aromatic heterocycles. The molecule has 0 aliphatic rings. The highest BCUT2D eigenvalue weighted by molar-refractivity contribution is 7.13. The normalized spacial score (nSPS) is 12.2. The molecule has 1 amide bonds. The number of carbonyl (C=O) groups is 1. The van der Waals surface area contributed by atoms with E-state index in [0.717, 1.165) is 16.3 Å². The van der Waals surface area contributed by atoms with Crippen LogP contribution in [-0.2, 0) is 0 Å². The molecular weight excluding hydrogens is 280 g/mol. The molecule has 0 fully saturated rings. The Morgan fingerprint density at radius 2 is 2.16 bits per heavy atom. The first-order valence-electron chi connectivity index (χ1n) is 5.97. The molecule has 0 aliphatic carbocycles. The van der Waals surface area contributed by atoms with Gasteiger partial charge in [0.1, 0.15) is 4.88 Å². The lowest BCUT2D eigenvalue weighted by Crippen LogP contribution is -2.26. The van der Waals surface area contributed by atoms with Gasteiger partial charge in [-0.25, -0.2) is 4.98 Å². The highest BCUT2D eigenvalue weighted by Crippen LogP contribution is 2.20. The average molecular weight is 295 g/mol. The van der Waals surface area contributed by atoms with Crippen molar-refractivity contribution in [3.63, 3.8) is 0 Å². The standard InChI is InChI=1S/C14H15ClN2OS/c1-8(11-5-4-6-12(15)7-11)17-14(18)13-9(2)16-10(3)19-13/h4-8H,1-3H3,(H,17,18). The number of halogens is 1. The quantitative estimate of drug-likeness (QED) is 0.933. The van der Waals surface area contributed by atoms with Crippen molar-refractivity contribution in [2.75, 3.05) is 0 Å². The summed E-state index contributed by atoms with van der Waals surface area (Å²) in [5.41, 5.74) is 1.76. The summed E-state index contributed by atoms with van der Waals surface area (Å²) >= 11 is 7.36. The van der Waals surface area contributed by atoms with Gasteiger partial charge in [0.25, 0.3) is 5.91 Å². The van der Waals surface area contributed by atoms with E-state index >= 15 is 0 Å². The molecular formula is C14H15ClN2OS. The SMILES string of the molecule is Cc1nc(C)c(C(=O)NC(C)c2cccc(Cl)c2)s1. The lowest BCUT2D eigenvalue weighted by molar-refractivity contribution is 0.0943. The molecule has 0 bridgehead atoms. The Bertz CT molecular complexity index is 609. The number of rotatable bonds is 3. The summed E-state index contributed by atoms with van der Waals surface area (Å²) in [6, 6.07) is 7.41. The van der Waals surface area contributed by atoms with Crippen LogP contribution in [0.5, 0.6) is 0 Å². The molecule has 19 heavy (non-hydrogen) atoms. The number of benzene rings is 1. The first kappa shape index (κ1) is 14.0. The van der Waals surface area contributed by atoms with Crippen LogP contribution in [0.4, 0.5) is 0 Å². The molecule has 5 heteroatoms. The third-order valence-electron chi connectivity index (χ3n) is 2.81. The van der Waals surface area contributed by atoms with Crippen molar-refractivity contribution in [2.24, 2.45) is 0 Å². The number of amides is 1. The minimum absolute atomic E-state index is 0.0874. The van der Waals surface area contributed by atoms with Gasteiger partial charge in [-0.15, -0.1) is 11.3 Å². The molecule has 0 radical (unpaired) electrons. The van der Waals surface area contributed by atoms with Gasteiger partial charge in [-0.05, 0) is 38.5 Å². The summed E-state index contributed by atoms with van der Waals surface area (Å²) < 4.78 is 0. The van der Waals surface area contributed by atoms with Crippen molar-refractivity contribution in [1.29, 1.82) is 0 Å². The fourth-order valence-corrected chi connectivity index (χ4v) is 2.89. The molecule has 0 spiro atoms. The van der Waals surface area contributed by atoms with Crippen molar-refractivity contribution in [2.45, 2.75) is 26.8 Å². The Hall–Kier alpha value is -1.39. The number of thiazole rings is 1. The maximum Gasteiger partial charge on any atom is 0.263 e. The molecule has 0 aliphatic heterocycles. The molecule has 2 rings (SSSR count). The minimum Gasteiger partial charge on any atom is -0.345 e. The van der Waals surface area contributed by atoms with Crippen LogP contribution >= 0.6 is 22.9 Å². The summed E-state index contributed by atoms with van der Waals surface area (Å²) in [5, 5.41) is 4.54. The van der Waals surface area contributed by atoms with Crippen molar-refractivity contribution in [3.05, 3.63) is 50.4 Å². The van der Waals surface area contributed by atoms with Gasteiger partial charge >= 0.3 is 0 Å². The highest BCUT2D eigenvalue weighted by Gasteiger charge is 2.16. The molecule has 1 unspecified atom stereocenters. The number of carbonyl (C=O) groups excluding carboxylic acids is 1. The Kier molecular flexibility index (Phi) is 4.22. The zero-order valence-corrected chi connectivity index (χ0v) is 12.6. The van der Waals surface area contributed by atoms with E-state index in [-0.39, 0.29) is 11.9 Å². The van der Waals surface area contributed by atoms with Crippen LogP contribution in [-0.4, -0.2) is 10.9 Å². The van der Waals surface area contributed by atoms with Crippen molar-refractivity contribution in [3.8, 4) is 0 Å². The van der Waals surface area contributed by atoms with Crippen LogP contribution in [0.2, 0.25) is 5.02 Å². The lowest BCUT2D eigenvalue weighted by Gasteiger charge is -2.14. The Morgan fingerprint density at radius 3 is 2.74 bits per heavy atom. The smallest absolute Gasteiger partial charge is 0.263 e. The second-order valence-corrected chi connectivity index (χ2v) is 6.04. The molecule has 0 saturated heterocycles. The van der Waals surface area contributed by atoms with E-state index in [4.69, 9.17) is 11.6 Å². The molecule has 0 saturated carbocycles. The lowest BCUT2D eigenvalue weighted by atomic mass is 10.1. The molecule has 2 aromatic rings. The zero-order valence-electron chi connectivity index (χ0n) is 11.0. The van der Waals surface area contributed by atoms with Crippen molar-refractivity contribution in [1.82, 2.24) is 10.3 Å². The number of hydrogen-bond acceptors (Lipinski definition) is 3. The van der Waals surface area contributed by atoms with Crippen LogP contribution in [0, 0.1) is 13.8 Å². The number of nitrogens with one attached hydrogen (secondary N) is 1. The fraction of sp³-hybridized carbons (Fsp3) is 0.286. The third-order valence-corrected chi connectivity index (χ3v) is 4.11. The summed E-state index contributed by atoms with van der Waals surface area (Å²) in [6.45, 7) is 5.68. The van der Waals surface area contributed by atoms with Crippen molar-refractivity contribution < 1.29 is 4.79 Å². The third kappa shape index (κ3) is 3.33. The van der Waals surface area contributed by atoms with E-state index in [9.17, 15) is 4.79 Å². The molecule has 100 valence electrons. The largest absolute Gasteiger partial charge is 0.345 e. The van der Waals surface area contributed by atoms with Crippen molar-refractivity contribution >= 4 is 28.8 Å². The number of nitrogens with zero attached hydrogens (tertiary/aromatic N) is 1. The van der Waals surface area contributed by atoms with Gasteiger partial charge in [-0.1, -0.05) is 23.7 Å². The van der Waals surface area contributed by atoms with E-state index in [0.29, 0.717) is 9.90 Å². The van der Waals surface area contributed by atoms with E-state index in [2.05, 4.69) is 10.3 Å². The van der Waals surface area contributed by atoms with Gasteiger partial charge in [0.05, 0.1) is 16.7 Å². The second kappa shape index (κ2) is 5.72. The maximum absolute atomic E-state index is 12.2. The first-order chi connectivity index (χ1) is 8.97. The predicted octanol–water partition coefficient (Wildman–Crippen LogP) is 3.90. The first-order valence-corrected chi connectivity index (χ1v) is 7.17. The second-order valence-electron chi connectivity index (χ2n) is 4.40. The maximum atomic E-state index is 12.2. The van der Waals surface area contributed by atoms with Crippen LogP contribution in [0.3, 0.4) is 0 Å². The van der Waals surface area contributed by atoms with Crippen LogP contribution < -0.4 is 5.32 Å². The van der Waals surface area contributed by atoms with Crippen LogP contribution in [0.1, 0.15) is 38.9 Å². The molecule has 3 nitrogen and oxygen atoms in total. The van der Waals surface area contributed by atoms with Gasteiger partial charge in [-0.3, -0.25) is 4.79 Å². The average Bonchev–Trinajstić information content (AvgIpc) is 2.68. The van der Waals surface area contributed by atoms with Crippen LogP contribution in [0.15, 0.2) is 24.3 Å². The number of aryl methyl sites for hydroxylation is 2. The monoisotopic (exact) mass is 294 g/mol. The molecule has 1 atom stereocenters. The van der Waals surface area contributed by atoms with Gasteiger partial charge in [0.15, 0.2) is 0 Å². The zero-order chi connectivity index (χ0) is 14.0. The summed E-state index contributed by atoms with van der Waals surface area (Å²) in [6.07, 6.45) is 0. The summed E-state index contributed by atoms with van der Waals surface area (Å²) in [7, 11) is 0. The Morgan fingerprint density at radius 1 is 1.42 bits per heavy atom. The molecule has 1 heterocycles. The van der Waals surface area contributed by atoms with Gasteiger partial charge < -0.3 is 5.32 Å². The number of aromatic nitrogens is 1. The van der Waals surface area contributed by atoms with E-state index < -0.39 is 0 Å². The van der Waals surface area contributed by atoms with Gasteiger partial charge in [0, 0.05) is 5.02 Å². The summed E-state index contributed by atoms with van der Waals surface area (Å²) in [5.74, 6) is -0.0874. The Balaban J connectivity index is 2.13. The number of hydrogen-bond donors (Lipinski definition) is 1. The predicted molar refractivity (Wildman–Crippen MR) is 78.9 cm³/mol. The minimum atomic E-state index is -0.0898. The summed E-state index contributed by atoms with van der Waals surface area (Å²) in [4.78, 5) is 17.1. The van der Waals surface area contributed by atoms with E-state index in [1.807, 2.05) is 45.0 Å². The van der Waals surface area contributed by atoms with E-state index in [1.165, 1.54) is 11.3 Å². The topological polar surface area (TPSA) is 42.0 Å². The Labute approximate surface area is 121 Å². The fourth-order valence-electron chi connectivity index (χ4n) is 1.86.